The number of nitrogens with one attached hydrogen (secondary N) is 1. The predicted octanol–water partition coefficient (Wildman–Crippen LogP) is 3.44. The topological polar surface area (TPSA) is 39.7 Å². The second-order valence-corrected chi connectivity index (χ2v) is 5.17. The van der Waals surface area contributed by atoms with Gasteiger partial charge in [0.1, 0.15) is 0 Å². The van der Waals surface area contributed by atoms with Crippen LogP contribution in [0.1, 0.15) is 37.8 Å². The summed E-state index contributed by atoms with van der Waals surface area (Å²) >= 11 is 0. The first-order valence-electron chi connectivity index (χ1n) is 7.56. The molecule has 0 fully saturated rings. The summed E-state index contributed by atoms with van der Waals surface area (Å²) in [6.07, 6.45) is 5.14. The van der Waals surface area contributed by atoms with Crippen LogP contribution >= 0.6 is 0 Å². The van der Waals surface area contributed by atoms with Gasteiger partial charge in [0.15, 0.2) is 11.5 Å². The van der Waals surface area contributed by atoms with E-state index in [-0.39, 0.29) is 6.04 Å². The van der Waals surface area contributed by atoms with E-state index in [9.17, 15) is 0 Å². The van der Waals surface area contributed by atoms with Gasteiger partial charge in [-0.2, -0.15) is 0 Å². The van der Waals surface area contributed by atoms with Crippen molar-refractivity contribution >= 4 is 0 Å². The Kier molecular flexibility index (Phi) is 5.93. The van der Waals surface area contributed by atoms with Crippen molar-refractivity contribution in [2.75, 3.05) is 27.4 Å². The quantitative estimate of drug-likeness (QED) is 0.835. The molecule has 2 rings (SSSR count). The Balaban J connectivity index is 2.29. The number of ether oxygens (including phenoxy) is 3. The lowest BCUT2D eigenvalue weighted by Crippen LogP contribution is -2.25. The average Bonchev–Trinajstić information content (AvgIpc) is 2.56. The molecule has 4 heteroatoms. The molecular formula is C17H25NO3. The second kappa shape index (κ2) is 7.93. The van der Waals surface area contributed by atoms with Gasteiger partial charge in [-0.1, -0.05) is 13.0 Å². The molecule has 1 aliphatic rings. The zero-order chi connectivity index (χ0) is 15.1. The highest BCUT2D eigenvalue weighted by atomic mass is 16.5. The maximum atomic E-state index is 5.51. The highest BCUT2D eigenvalue weighted by Gasteiger charge is 2.20. The first kappa shape index (κ1) is 15.7. The van der Waals surface area contributed by atoms with E-state index in [2.05, 4.69) is 18.3 Å². The summed E-state index contributed by atoms with van der Waals surface area (Å²) in [5, 5.41) is 3.60. The molecule has 116 valence electrons. The maximum Gasteiger partial charge on any atom is 0.161 e. The molecule has 21 heavy (non-hydrogen) atoms. The largest absolute Gasteiger partial charge is 0.501 e. The third-order valence-electron chi connectivity index (χ3n) is 3.67. The van der Waals surface area contributed by atoms with Crippen LogP contribution in [0.3, 0.4) is 0 Å². The molecular weight excluding hydrogens is 266 g/mol. The van der Waals surface area contributed by atoms with Crippen LogP contribution in [0.5, 0.6) is 11.5 Å². The molecule has 0 saturated carbocycles. The predicted molar refractivity (Wildman–Crippen MR) is 83.8 cm³/mol. The van der Waals surface area contributed by atoms with Gasteiger partial charge in [-0.3, -0.25) is 0 Å². The van der Waals surface area contributed by atoms with E-state index in [1.807, 2.05) is 18.4 Å². The van der Waals surface area contributed by atoms with Crippen molar-refractivity contribution < 1.29 is 14.2 Å². The summed E-state index contributed by atoms with van der Waals surface area (Å²) in [6, 6.07) is 6.26. The van der Waals surface area contributed by atoms with Gasteiger partial charge < -0.3 is 19.5 Å². The Bertz CT molecular complexity index is 485. The minimum atomic E-state index is 0.171. The molecule has 0 saturated heterocycles. The van der Waals surface area contributed by atoms with Crippen molar-refractivity contribution in [2.24, 2.45) is 0 Å². The molecule has 1 aromatic carbocycles. The van der Waals surface area contributed by atoms with E-state index in [1.54, 1.807) is 14.2 Å². The monoisotopic (exact) mass is 291 g/mol. The highest BCUT2D eigenvalue weighted by Crippen LogP contribution is 2.34. The van der Waals surface area contributed by atoms with E-state index < -0.39 is 0 Å². The third kappa shape index (κ3) is 3.91. The SMILES string of the molecule is CCCNC(C1=COCCC1)c1ccc(OC)c(OC)c1. The van der Waals surface area contributed by atoms with Crippen LogP contribution in [0.25, 0.3) is 0 Å². The van der Waals surface area contributed by atoms with Gasteiger partial charge in [-0.05, 0) is 49.1 Å². The highest BCUT2D eigenvalue weighted by molar-refractivity contribution is 5.45. The summed E-state index contributed by atoms with van der Waals surface area (Å²) in [4.78, 5) is 0. The van der Waals surface area contributed by atoms with Crippen molar-refractivity contribution in [1.82, 2.24) is 5.32 Å². The molecule has 1 atom stereocenters. The van der Waals surface area contributed by atoms with E-state index in [4.69, 9.17) is 14.2 Å². The van der Waals surface area contributed by atoms with Crippen LogP contribution in [0.4, 0.5) is 0 Å². The van der Waals surface area contributed by atoms with Crippen LogP contribution < -0.4 is 14.8 Å². The Morgan fingerprint density at radius 2 is 2.05 bits per heavy atom. The third-order valence-corrected chi connectivity index (χ3v) is 3.67. The summed E-state index contributed by atoms with van der Waals surface area (Å²) in [5.74, 6) is 1.51. The van der Waals surface area contributed by atoms with Gasteiger partial charge in [0.2, 0.25) is 0 Å². The fraction of sp³-hybridized carbons (Fsp3) is 0.529. The normalized spacial score (nSPS) is 15.9. The maximum absolute atomic E-state index is 5.51. The van der Waals surface area contributed by atoms with Gasteiger partial charge in [0, 0.05) is 0 Å². The fourth-order valence-electron chi connectivity index (χ4n) is 2.58. The van der Waals surface area contributed by atoms with Gasteiger partial charge in [-0.25, -0.2) is 0 Å². The summed E-state index contributed by atoms with van der Waals surface area (Å²) in [6.45, 7) is 3.96. The zero-order valence-electron chi connectivity index (χ0n) is 13.1. The number of methoxy groups -OCH3 is 2. The summed E-state index contributed by atoms with van der Waals surface area (Å²) in [7, 11) is 3.32. The molecule has 0 bridgehead atoms. The Hall–Kier alpha value is -1.68. The van der Waals surface area contributed by atoms with Gasteiger partial charge in [-0.15, -0.1) is 0 Å². The lowest BCUT2D eigenvalue weighted by atomic mass is 9.95. The number of hydrogen-bond donors (Lipinski definition) is 1. The summed E-state index contributed by atoms with van der Waals surface area (Å²) < 4.78 is 16.2. The molecule has 0 aliphatic carbocycles. The molecule has 1 N–H and O–H groups in total. The number of rotatable bonds is 7. The van der Waals surface area contributed by atoms with Crippen molar-refractivity contribution in [1.29, 1.82) is 0 Å². The minimum Gasteiger partial charge on any atom is -0.501 e. The van der Waals surface area contributed by atoms with Crippen molar-refractivity contribution in [3.63, 3.8) is 0 Å². The molecule has 1 aromatic rings. The Morgan fingerprint density at radius 3 is 2.67 bits per heavy atom. The van der Waals surface area contributed by atoms with Crippen molar-refractivity contribution in [3.05, 3.63) is 35.6 Å². The fourth-order valence-corrected chi connectivity index (χ4v) is 2.58. The lowest BCUT2D eigenvalue weighted by molar-refractivity contribution is 0.219. The van der Waals surface area contributed by atoms with Gasteiger partial charge in [0.05, 0.1) is 33.1 Å². The van der Waals surface area contributed by atoms with E-state index in [0.717, 1.165) is 43.9 Å². The first-order chi connectivity index (χ1) is 10.3. The molecule has 0 aromatic heterocycles. The van der Waals surface area contributed by atoms with Crippen molar-refractivity contribution in [3.8, 4) is 11.5 Å². The van der Waals surface area contributed by atoms with Crippen LogP contribution in [0, 0.1) is 0 Å². The van der Waals surface area contributed by atoms with Crippen LogP contribution in [0.15, 0.2) is 30.0 Å². The van der Waals surface area contributed by atoms with E-state index in [0.29, 0.717) is 0 Å². The second-order valence-electron chi connectivity index (χ2n) is 5.17. The van der Waals surface area contributed by atoms with E-state index >= 15 is 0 Å². The van der Waals surface area contributed by atoms with E-state index in [1.165, 1.54) is 11.1 Å². The zero-order valence-corrected chi connectivity index (χ0v) is 13.1. The standard InChI is InChI=1S/C17H25NO3/c1-4-9-18-17(14-6-5-10-21-12-14)13-7-8-15(19-2)16(11-13)20-3/h7-8,11-12,17-18H,4-6,9-10H2,1-3H3. The van der Waals surface area contributed by atoms with Crippen LogP contribution in [0.2, 0.25) is 0 Å². The molecule has 0 spiro atoms. The molecule has 1 aliphatic heterocycles. The van der Waals surface area contributed by atoms with Gasteiger partial charge >= 0.3 is 0 Å². The van der Waals surface area contributed by atoms with Gasteiger partial charge in [0.25, 0.3) is 0 Å². The first-order valence-corrected chi connectivity index (χ1v) is 7.56. The smallest absolute Gasteiger partial charge is 0.161 e. The number of benzene rings is 1. The molecule has 4 nitrogen and oxygen atoms in total. The van der Waals surface area contributed by atoms with Crippen molar-refractivity contribution in [2.45, 2.75) is 32.2 Å². The minimum absolute atomic E-state index is 0.171. The Morgan fingerprint density at radius 1 is 1.24 bits per heavy atom. The van der Waals surface area contributed by atoms with Crippen LogP contribution in [-0.2, 0) is 4.74 Å². The molecule has 0 amide bonds. The lowest BCUT2D eigenvalue weighted by Gasteiger charge is -2.25. The summed E-state index contributed by atoms with van der Waals surface area (Å²) in [5.41, 5.74) is 2.47. The van der Waals surface area contributed by atoms with Crippen LogP contribution in [-0.4, -0.2) is 27.4 Å². The molecule has 0 radical (unpaired) electrons. The number of hydrogen-bond acceptors (Lipinski definition) is 4. The molecule has 1 unspecified atom stereocenters. The average molecular weight is 291 g/mol. The Labute approximate surface area is 127 Å². The molecule has 1 heterocycles.